The minimum Gasteiger partial charge on any atom is -0.494 e. The van der Waals surface area contributed by atoms with Gasteiger partial charge in [0.1, 0.15) is 17.2 Å². The van der Waals surface area contributed by atoms with Crippen molar-refractivity contribution in [2.24, 2.45) is 0 Å². The zero-order valence-corrected chi connectivity index (χ0v) is 18.8. The van der Waals surface area contributed by atoms with Crippen molar-refractivity contribution in [3.05, 3.63) is 85.9 Å². The molecule has 8 nitrogen and oxygen atoms in total. The van der Waals surface area contributed by atoms with Gasteiger partial charge in [-0.15, -0.1) is 0 Å². The van der Waals surface area contributed by atoms with Crippen LogP contribution in [0.3, 0.4) is 0 Å². The first-order valence-corrected chi connectivity index (χ1v) is 10.6. The third-order valence-corrected chi connectivity index (χ3v) is 6.10. The predicted molar refractivity (Wildman–Crippen MR) is 123 cm³/mol. The van der Waals surface area contributed by atoms with Crippen LogP contribution in [0.15, 0.2) is 45.6 Å². The van der Waals surface area contributed by atoms with Crippen LogP contribution >= 0.6 is 0 Å². The van der Waals surface area contributed by atoms with Gasteiger partial charge in [0, 0.05) is 10.9 Å². The molecule has 170 valence electrons. The van der Waals surface area contributed by atoms with Gasteiger partial charge in [0.2, 0.25) is 18.5 Å². The molecule has 1 N–H and O–H groups in total. The fourth-order valence-electron chi connectivity index (χ4n) is 4.25. The van der Waals surface area contributed by atoms with Crippen molar-refractivity contribution >= 4 is 16.8 Å². The number of nitriles is 1. The van der Waals surface area contributed by atoms with Crippen LogP contribution in [0.25, 0.3) is 11.0 Å². The Morgan fingerprint density at radius 2 is 1.85 bits per heavy atom. The maximum absolute atomic E-state index is 13.6. The van der Waals surface area contributed by atoms with E-state index in [1.165, 1.54) is 6.92 Å². The van der Waals surface area contributed by atoms with Crippen LogP contribution in [0, 0.1) is 32.1 Å². The number of hydrogen-bond acceptors (Lipinski definition) is 7. The summed E-state index contributed by atoms with van der Waals surface area (Å²) in [6.45, 7) is 5.17. The Kier molecular flexibility index (Phi) is 4.91. The van der Waals surface area contributed by atoms with E-state index in [0.717, 1.165) is 15.5 Å². The van der Waals surface area contributed by atoms with Gasteiger partial charge in [-0.2, -0.15) is 5.26 Å². The fraction of sp³-hybridized carbons (Fsp3) is 0.192. The Balaban J connectivity index is 1.66. The van der Waals surface area contributed by atoms with E-state index in [9.17, 15) is 20.0 Å². The number of ether oxygens (including phenoxy) is 2. The number of carbonyl (C=O) groups is 1. The number of ketones is 1. The average molecular weight is 456 g/mol. The molecule has 0 atom stereocenters. The van der Waals surface area contributed by atoms with E-state index in [1.807, 2.05) is 31.2 Å². The largest absolute Gasteiger partial charge is 0.494 e. The van der Waals surface area contributed by atoms with Crippen LogP contribution in [-0.4, -0.2) is 22.2 Å². The number of furan rings is 1. The molecule has 2 aromatic heterocycles. The van der Waals surface area contributed by atoms with Crippen LogP contribution in [0.5, 0.6) is 17.4 Å². The number of hydrogen-bond donors (Lipinski definition) is 1. The molecule has 0 aliphatic carbocycles. The summed E-state index contributed by atoms with van der Waals surface area (Å²) in [5.74, 6) is 0.0178. The first kappa shape index (κ1) is 21.3. The molecule has 4 aromatic rings. The van der Waals surface area contributed by atoms with Crippen molar-refractivity contribution in [1.29, 1.82) is 5.26 Å². The van der Waals surface area contributed by atoms with E-state index < -0.39 is 17.2 Å². The molecule has 1 aliphatic rings. The Morgan fingerprint density at radius 3 is 2.62 bits per heavy atom. The number of aromatic hydroxyl groups is 1. The third-order valence-electron chi connectivity index (χ3n) is 6.10. The summed E-state index contributed by atoms with van der Waals surface area (Å²) in [6.07, 6.45) is 0. The molecule has 0 radical (unpaired) electrons. The Labute approximate surface area is 194 Å². The summed E-state index contributed by atoms with van der Waals surface area (Å²) in [6, 6.07) is 12.6. The van der Waals surface area contributed by atoms with E-state index in [0.29, 0.717) is 28.2 Å². The molecule has 0 saturated heterocycles. The molecular formula is C26H20N2O6. The van der Waals surface area contributed by atoms with E-state index in [1.54, 1.807) is 25.1 Å². The number of nitrogens with zero attached hydrogens (tertiary/aromatic N) is 2. The van der Waals surface area contributed by atoms with Gasteiger partial charge in [-0.25, -0.2) is 0 Å². The predicted octanol–water partition coefficient (Wildman–Crippen LogP) is 4.11. The van der Waals surface area contributed by atoms with Gasteiger partial charge in [-0.3, -0.25) is 14.2 Å². The first-order valence-electron chi connectivity index (χ1n) is 10.6. The number of aromatic nitrogens is 1. The molecule has 0 saturated carbocycles. The van der Waals surface area contributed by atoms with Crippen LogP contribution < -0.4 is 15.0 Å². The van der Waals surface area contributed by atoms with Crippen molar-refractivity contribution in [2.45, 2.75) is 27.3 Å². The topological polar surface area (TPSA) is 115 Å². The summed E-state index contributed by atoms with van der Waals surface area (Å²) in [5.41, 5.74) is 1.82. The lowest BCUT2D eigenvalue weighted by molar-refractivity contribution is 0.101. The third kappa shape index (κ3) is 3.21. The van der Waals surface area contributed by atoms with Crippen molar-refractivity contribution in [3.8, 4) is 23.4 Å². The van der Waals surface area contributed by atoms with Crippen LogP contribution in [0.4, 0.5) is 0 Å². The summed E-state index contributed by atoms with van der Waals surface area (Å²) in [4.78, 5) is 26.6. The molecule has 0 fully saturated rings. The van der Waals surface area contributed by atoms with E-state index in [4.69, 9.17) is 13.9 Å². The standard InChI is InChI=1S/C26H20N2O6/c1-13-4-6-17-15(3)24(34-20(17)8-13)23(29)22-14(2)18(10-27)25(30)28(26(22)31)11-16-5-7-19-21(9-16)33-12-32-19/h4-9,31H,11-12H2,1-3H3. The normalized spacial score (nSPS) is 12.2. The lowest BCUT2D eigenvalue weighted by Gasteiger charge is -2.15. The number of benzene rings is 2. The minimum atomic E-state index is -0.691. The van der Waals surface area contributed by atoms with E-state index >= 15 is 0 Å². The van der Waals surface area contributed by atoms with Crippen molar-refractivity contribution in [2.75, 3.05) is 6.79 Å². The number of pyridine rings is 1. The van der Waals surface area contributed by atoms with Crippen LogP contribution in [-0.2, 0) is 6.54 Å². The zero-order chi connectivity index (χ0) is 24.1. The minimum absolute atomic E-state index is 0.0520. The van der Waals surface area contributed by atoms with Crippen LogP contribution in [0.2, 0.25) is 0 Å². The lowest BCUT2D eigenvalue weighted by Crippen LogP contribution is -2.27. The zero-order valence-electron chi connectivity index (χ0n) is 18.8. The molecule has 0 bridgehead atoms. The summed E-state index contributed by atoms with van der Waals surface area (Å²) >= 11 is 0. The molecule has 0 amide bonds. The molecule has 1 aliphatic heterocycles. The smallest absolute Gasteiger partial charge is 0.271 e. The Hall–Kier alpha value is -4.51. The highest BCUT2D eigenvalue weighted by Crippen LogP contribution is 2.34. The van der Waals surface area contributed by atoms with Gasteiger partial charge in [0.05, 0.1) is 12.1 Å². The molecule has 34 heavy (non-hydrogen) atoms. The number of aryl methyl sites for hydroxylation is 2. The van der Waals surface area contributed by atoms with E-state index in [2.05, 4.69) is 0 Å². The number of rotatable bonds is 4. The van der Waals surface area contributed by atoms with Gasteiger partial charge >= 0.3 is 0 Å². The molecule has 8 heteroatoms. The number of fused-ring (bicyclic) bond motifs is 2. The summed E-state index contributed by atoms with van der Waals surface area (Å²) < 4.78 is 17.6. The Bertz CT molecular complexity index is 1600. The second kappa shape index (κ2) is 7.81. The molecule has 5 rings (SSSR count). The van der Waals surface area contributed by atoms with Gasteiger partial charge < -0.3 is 19.0 Å². The highest BCUT2D eigenvalue weighted by atomic mass is 16.7. The van der Waals surface area contributed by atoms with Gasteiger partial charge in [-0.05, 0) is 55.7 Å². The van der Waals surface area contributed by atoms with Gasteiger partial charge in [0.25, 0.3) is 5.56 Å². The van der Waals surface area contributed by atoms with Crippen molar-refractivity contribution < 1.29 is 23.8 Å². The SMILES string of the molecule is Cc1ccc2c(C)c(C(=O)c3c(C)c(C#N)c(=O)n(Cc4ccc5c(c4)OCO5)c3O)oc2c1. The fourth-order valence-corrected chi connectivity index (χ4v) is 4.25. The molecule has 3 heterocycles. The Morgan fingerprint density at radius 1 is 1.09 bits per heavy atom. The van der Waals surface area contributed by atoms with Crippen LogP contribution in [0.1, 0.15) is 43.9 Å². The first-order chi connectivity index (χ1) is 16.3. The van der Waals surface area contributed by atoms with E-state index in [-0.39, 0.29) is 35.8 Å². The maximum Gasteiger partial charge on any atom is 0.271 e. The molecule has 0 spiro atoms. The quantitative estimate of drug-likeness (QED) is 0.460. The maximum atomic E-state index is 13.6. The second-order valence-corrected chi connectivity index (χ2v) is 8.27. The molecule has 2 aromatic carbocycles. The molecular weight excluding hydrogens is 436 g/mol. The molecule has 0 unspecified atom stereocenters. The highest BCUT2D eigenvalue weighted by Gasteiger charge is 2.29. The number of carbonyl (C=O) groups excluding carboxylic acids is 1. The second-order valence-electron chi connectivity index (χ2n) is 8.27. The summed E-state index contributed by atoms with van der Waals surface area (Å²) in [5, 5.41) is 21.5. The summed E-state index contributed by atoms with van der Waals surface area (Å²) in [7, 11) is 0. The van der Waals surface area contributed by atoms with Crippen molar-refractivity contribution in [1.82, 2.24) is 4.57 Å². The highest BCUT2D eigenvalue weighted by molar-refractivity contribution is 6.12. The van der Waals surface area contributed by atoms with Gasteiger partial charge in [-0.1, -0.05) is 18.2 Å². The lowest BCUT2D eigenvalue weighted by atomic mass is 9.98. The average Bonchev–Trinajstić information content (AvgIpc) is 3.40. The van der Waals surface area contributed by atoms with Gasteiger partial charge in [0.15, 0.2) is 17.3 Å². The monoisotopic (exact) mass is 456 g/mol. The van der Waals surface area contributed by atoms with Crippen molar-refractivity contribution in [3.63, 3.8) is 0 Å².